The average molecular weight is 493 g/mol. The van der Waals surface area contributed by atoms with Crippen LogP contribution in [-0.2, 0) is 5.41 Å². The van der Waals surface area contributed by atoms with Gasteiger partial charge in [0.05, 0.1) is 0 Å². The van der Waals surface area contributed by atoms with E-state index < -0.39 is 26.5 Å². The summed E-state index contributed by atoms with van der Waals surface area (Å²) in [5, 5.41) is 0. The summed E-state index contributed by atoms with van der Waals surface area (Å²) in [6.45, 7) is 17.9. The van der Waals surface area contributed by atoms with Gasteiger partial charge in [0.15, 0.2) is 0 Å². The second-order valence-electron chi connectivity index (χ2n) is 10.6. The molecule has 2 heteroatoms. The van der Waals surface area contributed by atoms with Crippen molar-refractivity contribution in [2.45, 2.75) is 114 Å². The van der Waals surface area contributed by atoms with Crippen molar-refractivity contribution >= 4 is 26.5 Å². The molecule has 1 saturated carbocycles. The minimum atomic E-state index is -2.23. The molecule has 0 N–H and O–H groups in total. The minimum absolute atomic E-state index is 0.497. The van der Waals surface area contributed by atoms with Gasteiger partial charge in [-0.05, 0) is 0 Å². The molecule has 1 aromatic rings. The molecular formula is C25H46SiSn. The third-order valence-corrected chi connectivity index (χ3v) is 29.3. The Bertz CT molecular complexity index is 540. The molecule has 154 valence electrons. The van der Waals surface area contributed by atoms with E-state index in [0.29, 0.717) is 5.41 Å². The summed E-state index contributed by atoms with van der Waals surface area (Å²) in [6.07, 6.45) is 8.69. The van der Waals surface area contributed by atoms with Crippen LogP contribution in [-0.4, -0.2) is 26.5 Å². The van der Waals surface area contributed by atoms with Crippen LogP contribution in [0.25, 0.3) is 0 Å². The molecule has 0 heterocycles. The van der Waals surface area contributed by atoms with Crippen LogP contribution in [0.5, 0.6) is 0 Å². The van der Waals surface area contributed by atoms with Gasteiger partial charge in [0.1, 0.15) is 0 Å². The zero-order valence-electron chi connectivity index (χ0n) is 19.4. The molecule has 2 rings (SSSR count). The van der Waals surface area contributed by atoms with E-state index in [2.05, 4.69) is 77.7 Å². The number of rotatable bonds is 12. The Labute approximate surface area is 175 Å². The van der Waals surface area contributed by atoms with Crippen molar-refractivity contribution in [1.29, 1.82) is 0 Å². The van der Waals surface area contributed by atoms with Gasteiger partial charge in [-0.1, -0.05) is 0 Å². The number of benzene rings is 1. The topological polar surface area (TPSA) is 0 Å². The predicted molar refractivity (Wildman–Crippen MR) is 130 cm³/mol. The fraction of sp³-hybridized carbons (Fsp3) is 0.760. The predicted octanol–water partition coefficient (Wildman–Crippen LogP) is 8.89. The normalized spacial score (nSPS) is 25.6. The van der Waals surface area contributed by atoms with E-state index in [4.69, 9.17) is 0 Å². The van der Waals surface area contributed by atoms with Crippen LogP contribution in [0.15, 0.2) is 30.3 Å². The maximum atomic E-state index is 2.69. The third-order valence-electron chi connectivity index (χ3n) is 7.59. The first-order valence-electron chi connectivity index (χ1n) is 11.8. The Morgan fingerprint density at radius 3 is 1.63 bits per heavy atom. The molecule has 0 radical (unpaired) electrons. The standard InChI is InChI=1S/C13H19Si.3C4H9.Sn/c1-13(10-12(13)14(2,3)4)11-8-6-5-7-9-11;3*1-3-4-2;/h5-10,12H,1-4H3;3*1,3-4H2,2H3;/t12?,13-;;;;/m1..../s1. The molecule has 1 aliphatic carbocycles. The van der Waals surface area contributed by atoms with E-state index in [1.54, 1.807) is 18.9 Å². The first-order valence-corrected chi connectivity index (χ1v) is 23.1. The molecule has 0 saturated heterocycles. The summed E-state index contributed by atoms with van der Waals surface area (Å²) in [5.74, 6) is 0. The maximum absolute atomic E-state index is 2.69. The number of hydrogen-bond acceptors (Lipinski definition) is 0. The van der Waals surface area contributed by atoms with Crippen LogP contribution < -0.4 is 0 Å². The molecule has 1 aromatic carbocycles. The van der Waals surface area contributed by atoms with Crippen LogP contribution in [0, 0.1) is 0 Å². The van der Waals surface area contributed by atoms with Crippen LogP contribution in [0.1, 0.15) is 71.8 Å². The SMILES string of the molecule is CCC[CH2][Sn]([CH2]CCC)([CH2]CCC)[C@@H]1C([Si](C)(C)C)[C@@]1(C)c1ccccc1. The fourth-order valence-corrected chi connectivity index (χ4v) is 38.2. The van der Waals surface area contributed by atoms with E-state index in [0.717, 1.165) is 9.48 Å². The molecule has 27 heavy (non-hydrogen) atoms. The van der Waals surface area contributed by atoms with Gasteiger partial charge >= 0.3 is 176 Å². The molecule has 1 aliphatic rings. The molecule has 0 aromatic heterocycles. The van der Waals surface area contributed by atoms with Gasteiger partial charge in [0, 0.05) is 0 Å². The summed E-state index contributed by atoms with van der Waals surface area (Å²) in [5.41, 5.74) is 3.19. The van der Waals surface area contributed by atoms with Gasteiger partial charge in [0.25, 0.3) is 0 Å². The molecule has 0 bridgehead atoms. The summed E-state index contributed by atoms with van der Waals surface area (Å²) in [6, 6.07) is 11.7. The molecule has 3 atom stereocenters. The van der Waals surface area contributed by atoms with Crippen molar-refractivity contribution in [2.75, 3.05) is 0 Å². The van der Waals surface area contributed by atoms with Gasteiger partial charge in [-0.2, -0.15) is 0 Å². The summed E-state index contributed by atoms with van der Waals surface area (Å²) in [4.78, 5) is 0. The molecule has 0 nitrogen and oxygen atoms in total. The Balaban J connectivity index is 2.49. The van der Waals surface area contributed by atoms with Crippen molar-refractivity contribution in [3.8, 4) is 0 Å². The van der Waals surface area contributed by atoms with Crippen molar-refractivity contribution < 1.29 is 0 Å². The number of unbranched alkanes of at least 4 members (excludes halogenated alkanes) is 3. The Morgan fingerprint density at radius 1 is 0.815 bits per heavy atom. The average Bonchev–Trinajstić information content (AvgIpc) is 3.31. The van der Waals surface area contributed by atoms with E-state index >= 15 is 0 Å². The monoisotopic (exact) mass is 494 g/mol. The summed E-state index contributed by atoms with van der Waals surface area (Å²) < 4.78 is 6.10. The van der Waals surface area contributed by atoms with Crippen molar-refractivity contribution in [3.05, 3.63) is 35.9 Å². The first-order chi connectivity index (χ1) is 12.8. The van der Waals surface area contributed by atoms with Crippen LogP contribution in [0.4, 0.5) is 0 Å². The fourth-order valence-electron chi connectivity index (χ4n) is 6.49. The van der Waals surface area contributed by atoms with Crippen molar-refractivity contribution in [3.63, 3.8) is 0 Å². The Morgan fingerprint density at radius 2 is 1.26 bits per heavy atom. The molecular weight excluding hydrogens is 447 g/mol. The van der Waals surface area contributed by atoms with Crippen LogP contribution in [0.2, 0.25) is 42.4 Å². The van der Waals surface area contributed by atoms with Gasteiger partial charge in [-0.25, -0.2) is 0 Å². The van der Waals surface area contributed by atoms with Gasteiger partial charge < -0.3 is 0 Å². The molecule has 1 fully saturated rings. The van der Waals surface area contributed by atoms with Gasteiger partial charge in [0.2, 0.25) is 0 Å². The summed E-state index contributed by atoms with van der Waals surface area (Å²) >= 11 is -2.23. The molecule has 0 amide bonds. The second-order valence-corrected chi connectivity index (χ2v) is 29.8. The van der Waals surface area contributed by atoms with E-state index in [-0.39, 0.29) is 0 Å². The van der Waals surface area contributed by atoms with E-state index in [9.17, 15) is 0 Å². The van der Waals surface area contributed by atoms with Crippen molar-refractivity contribution in [2.24, 2.45) is 0 Å². The Kier molecular flexibility index (Phi) is 8.56. The quantitative estimate of drug-likeness (QED) is 0.255. The van der Waals surface area contributed by atoms with Crippen LogP contribution >= 0.6 is 0 Å². The number of hydrogen-bond donors (Lipinski definition) is 0. The molecule has 1 unspecified atom stereocenters. The second kappa shape index (κ2) is 9.83. The zero-order valence-corrected chi connectivity index (χ0v) is 23.3. The molecule has 0 aliphatic heterocycles. The Hall–Kier alpha value is 0.236. The third kappa shape index (κ3) is 5.05. The van der Waals surface area contributed by atoms with Crippen LogP contribution in [0.3, 0.4) is 0 Å². The zero-order chi connectivity index (χ0) is 20.1. The van der Waals surface area contributed by atoms with Gasteiger partial charge in [-0.15, -0.1) is 0 Å². The first kappa shape index (κ1) is 23.5. The van der Waals surface area contributed by atoms with E-state index in [1.165, 1.54) is 38.5 Å². The summed E-state index contributed by atoms with van der Waals surface area (Å²) in [7, 11) is -1.18. The van der Waals surface area contributed by atoms with Crippen molar-refractivity contribution in [1.82, 2.24) is 0 Å². The molecule has 0 spiro atoms. The van der Waals surface area contributed by atoms with E-state index in [1.807, 2.05) is 0 Å². The van der Waals surface area contributed by atoms with Gasteiger partial charge in [-0.3, -0.25) is 0 Å².